The standard InChI is InChI=1S/C9H9N5O/c1-6-8(7(2)15)13-14(12-6)9-10-4-3-5-11-9/h3-5H,1-2H3. The van der Waals surface area contributed by atoms with E-state index >= 15 is 0 Å². The van der Waals surface area contributed by atoms with Gasteiger partial charge in [-0.05, 0) is 13.0 Å². The van der Waals surface area contributed by atoms with Gasteiger partial charge in [-0.2, -0.15) is 0 Å². The molecular formula is C9H9N5O. The van der Waals surface area contributed by atoms with Crippen LogP contribution in [-0.4, -0.2) is 30.7 Å². The molecule has 0 amide bonds. The third kappa shape index (κ3) is 1.74. The summed E-state index contributed by atoms with van der Waals surface area (Å²) in [5.41, 5.74) is 0.928. The van der Waals surface area contributed by atoms with Crippen molar-refractivity contribution in [2.75, 3.05) is 0 Å². The van der Waals surface area contributed by atoms with Crippen molar-refractivity contribution in [3.63, 3.8) is 0 Å². The molecule has 2 rings (SSSR count). The van der Waals surface area contributed by atoms with Crippen molar-refractivity contribution in [3.8, 4) is 5.95 Å². The van der Waals surface area contributed by atoms with Crippen LogP contribution >= 0.6 is 0 Å². The van der Waals surface area contributed by atoms with Crippen LogP contribution in [0.1, 0.15) is 23.1 Å². The van der Waals surface area contributed by atoms with Crippen molar-refractivity contribution in [3.05, 3.63) is 29.8 Å². The van der Waals surface area contributed by atoms with Gasteiger partial charge in [0.1, 0.15) is 0 Å². The van der Waals surface area contributed by atoms with Gasteiger partial charge in [-0.3, -0.25) is 4.79 Å². The van der Waals surface area contributed by atoms with Crippen molar-refractivity contribution in [2.24, 2.45) is 0 Å². The molecule has 0 saturated carbocycles. The van der Waals surface area contributed by atoms with Gasteiger partial charge in [0.25, 0.3) is 5.95 Å². The number of carbonyl (C=O) groups is 1. The van der Waals surface area contributed by atoms with Crippen LogP contribution in [0.3, 0.4) is 0 Å². The zero-order chi connectivity index (χ0) is 10.8. The first kappa shape index (κ1) is 9.45. The van der Waals surface area contributed by atoms with Gasteiger partial charge in [-0.25, -0.2) is 9.97 Å². The largest absolute Gasteiger partial charge is 0.293 e. The molecule has 0 aromatic carbocycles. The second kappa shape index (κ2) is 3.56. The molecule has 0 bridgehead atoms. The molecule has 2 aromatic heterocycles. The molecule has 0 radical (unpaired) electrons. The highest BCUT2D eigenvalue weighted by Crippen LogP contribution is 2.04. The molecule has 15 heavy (non-hydrogen) atoms. The molecule has 0 saturated heterocycles. The Balaban J connectivity index is 2.48. The van der Waals surface area contributed by atoms with Gasteiger partial charge >= 0.3 is 0 Å². The highest BCUT2D eigenvalue weighted by atomic mass is 16.1. The first-order valence-electron chi connectivity index (χ1n) is 4.41. The summed E-state index contributed by atoms with van der Waals surface area (Å²) in [6.45, 7) is 3.18. The Morgan fingerprint density at radius 3 is 2.47 bits per heavy atom. The predicted molar refractivity (Wildman–Crippen MR) is 51.7 cm³/mol. The quantitative estimate of drug-likeness (QED) is 0.667. The summed E-state index contributed by atoms with van der Waals surface area (Å²) < 4.78 is 0. The predicted octanol–water partition coefficient (Wildman–Crippen LogP) is 0.568. The van der Waals surface area contributed by atoms with Gasteiger partial charge in [0.2, 0.25) is 0 Å². The van der Waals surface area contributed by atoms with Crippen LogP contribution in [0.25, 0.3) is 5.95 Å². The van der Waals surface area contributed by atoms with Crippen LogP contribution in [-0.2, 0) is 0 Å². The monoisotopic (exact) mass is 203 g/mol. The zero-order valence-electron chi connectivity index (χ0n) is 8.38. The highest BCUT2D eigenvalue weighted by Gasteiger charge is 2.12. The molecule has 0 aliphatic carbocycles. The second-order valence-electron chi connectivity index (χ2n) is 3.03. The molecule has 0 N–H and O–H groups in total. The van der Waals surface area contributed by atoms with Crippen LogP contribution in [0, 0.1) is 6.92 Å². The molecule has 0 aliphatic heterocycles. The van der Waals surface area contributed by atoms with Crippen LogP contribution in [0.5, 0.6) is 0 Å². The molecule has 6 heteroatoms. The average Bonchev–Trinajstić information content (AvgIpc) is 2.62. The minimum absolute atomic E-state index is 0.116. The first-order chi connectivity index (χ1) is 7.18. The first-order valence-corrected chi connectivity index (χ1v) is 4.41. The van der Waals surface area contributed by atoms with Gasteiger partial charge < -0.3 is 0 Å². The number of aromatic nitrogens is 5. The number of rotatable bonds is 2. The average molecular weight is 203 g/mol. The van der Waals surface area contributed by atoms with Gasteiger partial charge in [-0.15, -0.1) is 15.0 Å². The van der Waals surface area contributed by atoms with Crippen LogP contribution in [0.4, 0.5) is 0 Å². The lowest BCUT2D eigenvalue weighted by Gasteiger charge is -1.93. The Morgan fingerprint density at radius 2 is 1.93 bits per heavy atom. The Bertz CT molecular complexity index is 490. The number of carbonyl (C=O) groups excluding carboxylic acids is 1. The number of ketones is 1. The van der Waals surface area contributed by atoms with Gasteiger partial charge in [0.05, 0.1) is 5.69 Å². The highest BCUT2D eigenvalue weighted by molar-refractivity contribution is 5.92. The summed E-state index contributed by atoms with van der Waals surface area (Å²) in [4.78, 5) is 20.4. The Hall–Kier alpha value is -2.11. The molecule has 0 unspecified atom stereocenters. The summed E-state index contributed by atoms with van der Waals surface area (Å²) in [6.07, 6.45) is 3.18. The number of aryl methyl sites for hydroxylation is 1. The number of nitrogens with zero attached hydrogens (tertiary/aromatic N) is 5. The lowest BCUT2D eigenvalue weighted by Crippen LogP contribution is -2.04. The van der Waals surface area contributed by atoms with E-state index < -0.39 is 0 Å². The Kier molecular flexibility index (Phi) is 2.24. The van der Waals surface area contributed by atoms with Crippen molar-refractivity contribution < 1.29 is 4.79 Å². The van der Waals surface area contributed by atoms with Crippen molar-refractivity contribution in [1.82, 2.24) is 25.0 Å². The third-order valence-corrected chi connectivity index (χ3v) is 1.85. The molecular weight excluding hydrogens is 194 g/mol. The molecule has 0 fully saturated rings. The fraction of sp³-hybridized carbons (Fsp3) is 0.222. The van der Waals surface area contributed by atoms with Crippen LogP contribution < -0.4 is 0 Å². The maximum absolute atomic E-state index is 11.2. The van der Waals surface area contributed by atoms with E-state index in [9.17, 15) is 4.79 Å². The Morgan fingerprint density at radius 1 is 1.27 bits per heavy atom. The maximum Gasteiger partial charge on any atom is 0.268 e. The topological polar surface area (TPSA) is 73.6 Å². The van der Waals surface area contributed by atoms with E-state index in [-0.39, 0.29) is 5.78 Å². The molecule has 0 aliphatic rings. The zero-order valence-corrected chi connectivity index (χ0v) is 8.38. The Labute approximate surface area is 86.0 Å². The van der Waals surface area contributed by atoms with Gasteiger partial charge in [-0.1, -0.05) is 0 Å². The minimum Gasteiger partial charge on any atom is -0.293 e. The van der Waals surface area contributed by atoms with E-state index in [2.05, 4.69) is 20.2 Å². The van der Waals surface area contributed by atoms with Crippen LogP contribution in [0.15, 0.2) is 18.5 Å². The molecule has 2 aromatic rings. The fourth-order valence-corrected chi connectivity index (χ4v) is 1.19. The van der Waals surface area contributed by atoms with E-state index in [1.165, 1.54) is 11.7 Å². The van der Waals surface area contributed by atoms with E-state index in [4.69, 9.17) is 0 Å². The number of hydrogen-bond donors (Lipinski definition) is 0. The number of hydrogen-bond acceptors (Lipinski definition) is 5. The summed E-state index contributed by atoms with van der Waals surface area (Å²) in [5.74, 6) is 0.239. The summed E-state index contributed by atoms with van der Waals surface area (Å²) in [5, 5.41) is 8.07. The maximum atomic E-state index is 11.2. The van der Waals surface area contributed by atoms with Crippen LogP contribution in [0.2, 0.25) is 0 Å². The number of Topliss-reactive ketones (excluding diaryl/α,β-unsaturated/α-hetero) is 1. The van der Waals surface area contributed by atoms with Gasteiger partial charge in [0, 0.05) is 19.3 Å². The summed E-state index contributed by atoms with van der Waals surface area (Å²) in [6, 6.07) is 1.70. The van der Waals surface area contributed by atoms with E-state index in [1.807, 2.05) is 0 Å². The molecule has 6 nitrogen and oxygen atoms in total. The lowest BCUT2D eigenvalue weighted by molar-refractivity contribution is 0.101. The smallest absolute Gasteiger partial charge is 0.268 e. The fourth-order valence-electron chi connectivity index (χ4n) is 1.19. The molecule has 0 atom stereocenters. The third-order valence-electron chi connectivity index (χ3n) is 1.85. The van der Waals surface area contributed by atoms with Crippen molar-refractivity contribution in [1.29, 1.82) is 0 Å². The van der Waals surface area contributed by atoms with E-state index in [1.54, 1.807) is 25.4 Å². The molecule has 76 valence electrons. The van der Waals surface area contributed by atoms with Crippen molar-refractivity contribution in [2.45, 2.75) is 13.8 Å². The van der Waals surface area contributed by atoms with Gasteiger partial charge in [0.15, 0.2) is 11.5 Å². The van der Waals surface area contributed by atoms with Crippen molar-refractivity contribution >= 4 is 5.78 Å². The molecule has 2 heterocycles. The SMILES string of the molecule is CC(=O)c1nn(-c2ncccn2)nc1C. The minimum atomic E-state index is -0.116. The second-order valence-corrected chi connectivity index (χ2v) is 3.03. The summed E-state index contributed by atoms with van der Waals surface area (Å²) >= 11 is 0. The lowest BCUT2D eigenvalue weighted by atomic mass is 10.3. The normalized spacial score (nSPS) is 10.3. The van der Waals surface area contributed by atoms with E-state index in [0.717, 1.165) is 0 Å². The molecule has 0 spiro atoms. The summed E-state index contributed by atoms with van der Waals surface area (Å²) in [7, 11) is 0. The van der Waals surface area contributed by atoms with E-state index in [0.29, 0.717) is 17.3 Å².